The van der Waals surface area contributed by atoms with Gasteiger partial charge in [-0.05, 0) is 30.3 Å². The van der Waals surface area contributed by atoms with Crippen molar-refractivity contribution >= 4 is 34.1 Å². The second-order valence-corrected chi connectivity index (χ2v) is 5.41. The van der Waals surface area contributed by atoms with Gasteiger partial charge in [0.2, 0.25) is 0 Å². The van der Waals surface area contributed by atoms with Gasteiger partial charge in [-0.1, -0.05) is 23.7 Å². The van der Waals surface area contributed by atoms with Crippen LogP contribution in [-0.2, 0) is 7.05 Å². The highest BCUT2D eigenvalue weighted by Crippen LogP contribution is 2.24. The van der Waals surface area contributed by atoms with Gasteiger partial charge in [0.05, 0.1) is 7.11 Å². The highest BCUT2D eigenvalue weighted by molar-refractivity contribution is 6.31. The Bertz CT molecular complexity index is 855. The second kappa shape index (κ2) is 5.73. The Hall–Kier alpha value is -2.46. The number of benzene rings is 2. The Labute approximate surface area is 133 Å². The topological polar surface area (TPSA) is 43.3 Å². The number of anilines is 1. The molecule has 1 heterocycles. The molecule has 0 unspecified atom stereocenters. The molecular formula is C17H15ClN2O2. The molecule has 3 rings (SSSR count). The van der Waals surface area contributed by atoms with Gasteiger partial charge in [0.25, 0.3) is 5.91 Å². The fourth-order valence-electron chi connectivity index (χ4n) is 2.42. The summed E-state index contributed by atoms with van der Waals surface area (Å²) in [5.41, 5.74) is 2.18. The zero-order valence-corrected chi connectivity index (χ0v) is 13.0. The predicted molar refractivity (Wildman–Crippen MR) is 88.9 cm³/mol. The summed E-state index contributed by atoms with van der Waals surface area (Å²) < 4.78 is 6.99. The fraction of sp³-hybridized carbons (Fsp3) is 0.118. The molecular weight excluding hydrogens is 300 g/mol. The molecule has 1 amide bonds. The zero-order valence-electron chi connectivity index (χ0n) is 12.3. The minimum Gasteiger partial charge on any atom is -0.497 e. The van der Waals surface area contributed by atoms with Gasteiger partial charge in [0.15, 0.2) is 0 Å². The molecule has 0 spiro atoms. The first kappa shape index (κ1) is 14.5. The molecule has 0 aliphatic heterocycles. The first-order valence-electron chi connectivity index (χ1n) is 6.79. The third kappa shape index (κ3) is 2.65. The molecule has 0 atom stereocenters. The second-order valence-electron chi connectivity index (χ2n) is 4.98. The summed E-state index contributed by atoms with van der Waals surface area (Å²) in [7, 11) is 3.44. The SMILES string of the molecule is COc1cccc(NC(=O)c2cc3ccc(Cl)cc3n2C)c1. The van der Waals surface area contributed by atoms with E-state index in [1.807, 2.05) is 54.1 Å². The summed E-state index contributed by atoms with van der Waals surface area (Å²) in [5, 5.41) is 4.50. The van der Waals surface area contributed by atoms with Crippen LogP contribution >= 0.6 is 11.6 Å². The van der Waals surface area contributed by atoms with Gasteiger partial charge < -0.3 is 14.6 Å². The van der Waals surface area contributed by atoms with Crippen molar-refractivity contribution in [1.29, 1.82) is 0 Å². The van der Waals surface area contributed by atoms with Gasteiger partial charge in [-0.2, -0.15) is 0 Å². The van der Waals surface area contributed by atoms with E-state index in [9.17, 15) is 4.79 Å². The largest absolute Gasteiger partial charge is 0.497 e. The lowest BCUT2D eigenvalue weighted by atomic mass is 10.2. The summed E-state index contributed by atoms with van der Waals surface area (Å²) in [6.07, 6.45) is 0. The summed E-state index contributed by atoms with van der Waals surface area (Å²) in [5.74, 6) is 0.518. The van der Waals surface area contributed by atoms with Crippen LogP contribution < -0.4 is 10.1 Å². The van der Waals surface area contributed by atoms with E-state index in [2.05, 4.69) is 5.32 Å². The molecule has 0 bridgehead atoms. The van der Waals surface area contributed by atoms with Crippen molar-refractivity contribution in [1.82, 2.24) is 4.57 Å². The lowest BCUT2D eigenvalue weighted by Crippen LogP contribution is -2.15. The van der Waals surface area contributed by atoms with Crippen LogP contribution in [0.3, 0.4) is 0 Å². The Morgan fingerprint density at radius 2 is 2.00 bits per heavy atom. The lowest BCUT2D eigenvalue weighted by Gasteiger charge is -2.08. The number of carbonyl (C=O) groups excluding carboxylic acids is 1. The maximum atomic E-state index is 12.5. The number of fused-ring (bicyclic) bond motifs is 1. The molecule has 2 aromatic carbocycles. The Morgan fingerprint density at radius 3 is 2.77 bits per heavy atom. The zero-order chi connectivity index (χ0) is 15.7. The number of nitrogens with zero attached hydrogens (tertiary/aromatic N) is 1. The van der Waals surface area contributed by atoms with E-state index in [0.717, 1.165) is 10.9 Å². The molecule has 0 radical (unpaired) electrons. The van der Waals surface area contributed by atoms with Gasteiger partial charge in [-0.3, -0.25) is 4.79 Å². The average molecular weight is 315 g/mol. The number of carbonyl (C=O) groups is 1. The van der Waals surface area contributed by atoms with Crippen LogP contribution in [0.15, 0.2) is 48.5 Å². The summed E-state index contributed by atoms with van der Waals surface area (Å²) >= 11 is 6.01. The van der Waals surface area contributed by atoms with Crippen LogP contribution in [0.4, 0.5) is 5.69 Å². The number of rotatable bonds is 3. The molecule has 0 aliphatic rings. The molecule has 1 N–H and O–H groups in total. The standard InChI is InChI=1S/C17H15ClN2O2/c1-20-15-9-12(18)7-6-11(15)8-16(20)17(21)19-13-4-3-5-14(10-13)22-2/h3-10H,1-2H3,(H,19,21). The number of hydrogen-bond donors (Lipinski definition) is 1. The Balaban J connectivity index is 1.93. The van der Waals surface area contributed by atoms with E-state index >= 15 is 0 Å². The van der Waals surface area contributed by atoms with E-state index in [0.29, 0.717) is 22.2 Å². The number of ether oxygens (including phenoxy) is 1. The molecule has 112 valence electrons. The maximum Gasteiger partial charge on any atom is 0.272 e. The molecule has 4 nitrogen and oxygen atoms in total. The van der Waals surface area contributed by atoms with Crippen molar-refractivity contribution in [2.45, 2.75) is 0 Å². The molecule has 0 saturated heterocycles. The van der Waals surface area contributed by atoms with Gasteiger partial charge in [0, 0.05) is 34.7 Å². The first-order valence-corrected chi connectivity index (χ1v) is 7.16. The number of aromatic nitrogens is 1. The number of methoxy groups -OCH3 is 1. The normalized spacial score (nSPS) is 10.7. The summed E-state index contributed by atoms with van der Waals surface area (Å²) in [4.78, 5) is 12.5. The highest BCUT2D eigenvalue weighted by Gasteiger charge is 2.14. The number of aryl methyl sites for hydroxylation is 1. The maximum absolute atomic E-state index is 12.5. The van der Waals surface area contributed by atoms with E-state index < -0.39 is 0 Å². The van der Waals surface area contributed by atoms with Gasteiger partial charge in [0.1, 0.15) is 11.4 Å². The van der Waals surface area contributed by atoms with Crippen molar-refractivity contribution in [2.24, 2.45) is 7.05 Å². The summed E-state index contributed by atoms with van der Waals surface area (Å²) in [6, 6.07) is 14.7. The van der Waals surface area contributed by atoms with Crippen LogP contribution in [-0.4, -0.2) is 17.6 Å². The van der Waals surface area contributed by atoms with E-state index in [-0.39, 0.29) is 5.91 Å². The van der Waals surface area contributed by atoms with Crippen LogP contribution in [0, 0.1) is 0 Å². The van der Waals surface area contributed by atoms with Gasteiger partial charge in [-0.15, -0.1) is 0 Å². The van der Waals surface area contributed by atoms with Crippen molar-refractivity contribution in [2.75, 3.05) is 12.4 Å². The third-order valence-corrected chi connectivity index (χ3v) is 3.80. The number of halogens is 1. The molecule has 22 heavy (non-hydrogen) atoms. The number of amides is 1. The highest BCUT2D eigenvalue weighted by atomic mass is 35.5. The van der Waals surface area contributed by atoms with Crippen LogP contribution in [0.2, 0.25) is 5.02 Å². The van der Waals surface area contributed by atoms with Crippen LogP contribution in [0.1, 0.15) is 10.5 Å². The average Bonchev–Trinajstić information content (AvgIpc) is 2.84. The lowest BCUT2D eigenvalue weighted by molar-refractivity contribution is 0.102. The predicted octanol–water partition coefficient (Wildman–Crippen LogP) is 4.09. The molecule has 3 aromatic rings. The van der Waals surface area contributed by atoms with E-state index in [4.69, 9.17) is 16.3 Å². The molecule has 0 aliphatic carbocycles. The minimum absolute atomic E-state index is 0.178. The van der Waals surface area contributed by atoms with Crippen molar-refractivity contribution in [3.8, 4) is 5.75 Å². The Morgan fingerprint density at radius 1 is 1.18 bits per heavy atom. The smallest absolute Gasteiger partial charge is 0.272 e. The number of hydrogen-bond acceptors (Lipinski definition) is 2. The van der Waals surface area contributed by atoms with E-state index in [1.165, 1.54) is 0 Å². The molecule has 1 aromatic heterocycles. The van der Waals surface area contributed by atoms with Crippen molar-refractivity contribution in [3.05, 3.63) is 59.2 Å². The minimum atomic E-state index is -0.178. The van der Waals surface area contributed by atoms with Crippen molar-refractivity contribution < 1.29 is 9.53 Å². The van der Waals surface area contributed by atoms with Gasteiger partial charge >= 0.3 is 0 Å². The quantitative estimate of drug-likeness (QED) is 0.791. The van der Waals surface area contributed by atoms with Crippen LogP contribution in [0.25, 0.3) is 10.9 Å². The van der Waals surface area contributed by atoms with Crippen molar-refractivity contribution in [3.63, 3.8) is 0 Å². The number of nitrogens with one attached hydrogen (secondary N) is 1. The molecule has 0 fully saturated rings. The van der Waals surface area contributed by atoms with Gasteiger partial charge in [-0.25, -0.2) is 0 Å². The first-order chi connectivity index (χ1) is 10.6. The molecule has 0 saturated carbocycles. The van der Waals surface area contributed by atoms with Crippen LogP contribution in [0.5, 0.6) is 5.75 Å². The summed E-state index contributed by atoms with van der Waals surface area (Å²) in [6.45, 7) is 0. The molecule has 5 heteroatoms. The van der Waals surface area contributed by atoms with E-state index in [1.54, 1.807) is 13.2 Å². The monoisotopic (exact) mass is 314 g/mol. The fourth-order valence-corrected chi connectivity index (χ4v) is 2.58. The Kier molecular flexibility index (Phi) is 3.77. The third-order valence-electron chi connectivity index (χ3n) is 3.57.